The molecule has 6 nitrogen and oxygen atoms in total. The minimum Gasteiger partial charge on any atom is -0.356 e. The van der Waals surface area contributed by atoms with E-state index in [1.165, 1.54) is 11.8 Å². The quantitative estimate of drug-likeness (QED) is 0.371. The summed E-state index contributed by atoms with van der Waals surface area (Å²) in [5, 5.41) is 0. The third-order valence-electron chi connectivity index (χ3n) is 6.76. The molecule has 35 heavy (non-hydrogen) atoms. The van der Waals surface area contributed by atoms with Gasteiger partial charge in [-0.25, -0.2) is 4.98 Å². The minimum absolute atomic E-state index is 0.150. The molecule has 2 aliphatic heterocycles. The van der Waals surface area contributed by atoms with Gasteiger partial charge in [-0.2, -0.15) is 0 Å². The summed E-state index contributed by atoms with van der Waals surface area (Å²) in [6.07, 6.45) is 6.27. The Hall–Kier alpha value is -2.97. The van der Waals surface area contributed by atoms with Gasteiger partial charge in [-0.1, -0.05) is 67.3 Å². The molecule has 0 atom stereocenters. The van der Waals surface area contributed by atoms with Gasteiger partial charge < -0.3 is 4.90 Å². The van der Waals surface area contributed by atoms with Crippen LogP contribution in [0.15, 0.2) is 58.4 Å². The number of aryl methyl sites for hydroxylation is 1. The van der Waals surface area contributed by atoms with Crippen LogP contribution in [0.3, 0.4) is 0 Å². The number of carbonyl (C=O) groups is 1. The average molecular weight is 505 g/mol. The summed E-state index contributed by atoms with van der Waals surface area (Å²) < 4.78 is 2.10. The van der Waals surface area contributed by atoms with Crippen molar-refractivity contribution in [2.45, 2.75) is 33.1 Å². The van der Waals surface area contributed by atoms with Crippen molar-refractivity contribution in [2.24, 2.45) is 5.92 Å². The van der Waals surface area contributed by atoms with Gasteiger partial charge in [0, 0.05) is 25.8 Å². The molecule has 8 heteroatoms. The molecule has 0 radical (unpaired) electrons. The van der Waals surface area contributed by atoms with Crippen molar-refractivity contribution >= 4 is 51.7 Å². The van der Waals surface area contributed by atoms with Crippen LogP contribution >= 0.6 is 24.0 Å². The van der Waals surface area contributed by atoms with Crippen LogP contribution in [-0.4, -0.2) is 44.1 Å². The number of fused-ring (bicyclic) bond motifs is 1. The molecule has 0 bridgehead atoms. The Balaban J connectivity index is 1.52. The number of aromatic nitrogens is 2. The maximum atomic E-state index is 13.7. The molecule has 180 valence electrons. The van der Waals surface area contributed by atoms with Gasteiger partial charge >= 0.3 is 0 Å². The zero-order valence-corrected chi connectivity index (χ0v) is 21.6. The Morgan fingerprint density at radius 3 is 2.60 bits per heavy atom. The van der Waals surface area contributed by atoms with Crippen molar-refractivity contribution in [3.8, 4) is 0 Å². The standard InChI is InChI=1S/C27H28N4O2S2/c1-18-10-14-29(15-11-18)24-21(25(32)30-13-6-7-19(2)23(30)28-24)17-22-26(33)31(27(34)35-22)16-12-20-8-4-3-5-9-20/h3-9,13,17-18H,10-12,14-16H2,1-2H3/b22-17-. The zero-order valence-electron chi connectivity index (χ0n) is 19.9. The van der Waals surface area contributed by atoms with Crippen molar-refractivity contribution in [2.75, 3.05) is 24.5 Å². The Bertz CT molecular complexity index is 1380. The third kappa shape index (κ3) is 4.77. The van der Waals surface area contributed by atoms with Crippen molar-refractivity contribution in [1.29, 1.82) is 0 Å². The summed E-state index contributed by atoms with van der Waals surface area (Å²) in [7, 11) is 0. The molecule has 0 spiro atoms. The summed E-state index contributed by atoms with van der Waals surface area (Å²) in [5.74, 6) is 1.16. The maximum Gasteiger partial charge on any atom is 0.267 e. The summed E-state index contributed by atoms with van der Waals surface area (Å²) in [6.45, 7) is 6.41. The smallest absolute Gasteiger partial charge is 0.267 e. The predicted molar refractivity (Wildman–Crippen MR) is 147 cm³/mol. The highest BCUT2D eigenvalue weighted by atomic mass is 32.2. The van der Waals surface area contributed by atoms with Crippen molar-refractivity contribution in [3.05, 3.63) is 80.6 Å². The van der Waals surface area contributed by atoms with Gasteiger partial charge in [0.2, 0.25) is 0 Å². The third-order valence-corrected chi connectivity index (χ3v) is 8.14. The second kappa shape index (κ2) is 9.95. The van der Waals surface area contributed by atoms with E-state index < -0.39 is 0 Å². The normalized spacial score (nSPS) is 18.3. The van der Waals surface area contributed by atoms with Crippen LogP contribution in [0.4, 0.5) is 5.82 Å². The number of piperidine rings is 1. The second-order valence-electron chi connectivity index (χ2n) is 9.28. The molecular weight excluding hydrogens is 476 g/mol. The molecule has 2 aliphatic rings. The van der Waals surface area contributed by atoms with Crippen molar-refractivity contribution < 1.29 is 4.79 Å². The van der Waals surface area contributed by atoms with E-state index in [2.05, 4.69) is 11.8 Å². The number of carbonyl (C=O) groups excluding carboxylic acids is 1. The molecule has 0 saturated carbocycles. The topological polar surface area (TPSA) is 57.9 Å². The highest BCUT2D eigenvalue weighted by Gasteiger charge is 2.33. The molecule has 0 unspecified atom stereocenters. The van der Waals surface area contributed by atoms with Crippen LogP contribution in [0.2, 0.25) is 0 Å². The first kappa shape index (κ1) is 23.8. The lowest BCUT2D eigenvalue weighted by molar-refractivity contribution is -0.122. The van der Waals surface area contributed by atoms with Crippen molar-refractivity contribution in [1.82, 2.24) is 14.3 Å². The van der Waals surface area contributed by atoms with Crippen molar-refractivity contribution in [3.63, 3.8) is 0 Å². The molecule has 0 N–H and O–H groups in total. The van der Waals surface area contributed by atoms with E-state index in [9.17, 15) is 9.59 Å². The van der Waals surface area contributed by atoms with Gasteiger partial charge in [0.15, 0.2) is 0 Å². The number of amides is 1. The molecule has 0 aliphatic carbocycles. The Morgan fingerprint density at radius 2 is 1.86 bits per heavy atom. The monoisotopic (exact) mass is 504 g/mol. The van der Waals surface area contributed by atoms with E-state index in [4.69, 9.17) is 17.2 Å². The largest absolute Gasteiger partial charge is 0.356 e. The van der Waals surface area contributed by atoms with E-state index in [-0.39, 0.29) is 11.5 Å². The minimum atomic E-state index is -0.165. The molecule has 4 heterocycles. The summed E-state index contributed by atoms with van der Waals surface area (Å²) >= 11 is 6.80. The number of pyridine rings is 1. The lowest BCUT2D eigenvalue weighted by Gasteiger charge is -2.32. The maximum absolute atomic E-state index is 13.7. The highest BCUT2D eigenvalue weighted by Crippen LogP contribution is 2.34. The molecule has 1 aromatic carbocycles. The highest BCUT2D eigenvalue weighted by molar-refractivity contribution is 8.26. The fourth-order valence-electron chi connectivity index (χ4n) is 4.60. The van der Waals surface area contributed by atoms with Gasteiger partial charge in [-0.3, -0.25) is 18.9 Å². The molecule has 1 amide bonds. The van der Waals surface area contributed by atoms with Crippen LogP contribution in [0, 0.1) is 12.8 Å². The van der Waals surface area contributed by atoms with Crippen LogP contribution in [0.1, 0.15) is 36.5 Å². The average Bonchev–Trinajstić information content (AvgIpc) is 3.13. The van der Waals surface area contributed by atoms with Gasteiger partial charge in [0.05, 0.1) is 10.5 Å². The lowest BCUT2D eigenvalue weighted by atomic mass is 9.99. The summed E-state index contributed by atoms with van der Waals surface area (Å²) in [4.78, 5) is 36.2. The molecule has 2 aromatic heterocycles. The Labute approximate surface area is 214 Å². The lowest BCUT2D eigenvalue weighted by Crippen LogP contribution is -2.36. The number of anilines is 1. The fourth-order valence-corrected chi connectivity index (χ4v) is 5.89. The van der Waals surface area contributed by atoms with E-state index in [1.54, 1.807) is 21.6 Å². The SMILES string of the molecule is Cc1cccn2c(=O)c(/C=C3\SC(=S)N(CCc4ccccc4)C3=O)c(N3CCC(C)CC3)nc12. The molecule has 2 saturated heterocycles. The van der Waals surface area contributed by atoms with E-state index in [0.717, 1.165) is 43.5 Å². The van der Waals surface area contributed by atoms with Crippen LogP contribution in [0.5, 0.6) is 0 Å². The van der Waals surface area contributed by atoms with E-state index in [1.807, 2.05) is 49.4 Å². The molecule has 5 rings (SSSR count). The summed E-state index contributed by atoms with van der Waals surface area (Å²) in [5.41, 5.74) is 3.03. The first-order valence-electron chi connectivity index (χ1n) is 12.0. The van der Waals surface area contributed by atoms with Crippen LogP contribution in [0.25, 0.3) is 11.7 Å². The predicted octanol–water partition coefficient (Wildman–Crippen LogP) is 4.68. The molecule has 2 fully saturated rings. The van der Waals surface area contributed by atoms with E-state index in [0.29, 0.717) is 38.7 Å². The number of nitrogens with zero attached hydrogens (tertiary/aromatic N) is 4. The zero-order chi connectivity index (χ0) is 24.5. The number of hydrogen-bond donors (Lipinski definition) is 0. The molecular formula is C27H28N4O2S2. The molecule has 3 aromatic rings. The van der Waals surface area contributed by atoms with Gasteiger partial charge in [-0.05, 0) is 55.4 Å². The number of benzene rings is 1. The van der Waals surface area contributed by atoms with Crippen LogP contribution in [-0.2, 0) is 11.2 Å². The Morgan fingerprint density at radius 1 is 1.11 bits per heavy atom. The first-order valence-corrected chi connectivity index (χ1v) is 13.2. The van der Waals surface area contributed by atoms with Gasteiger partial charge in [0.1, 0.15) is 15.8 Å². The second-order valence-corrected chi connectivity index (χ2v) is 11.0. The number of rotatable bonds is 5. The van der Waals surface area contributed by atoms with E-state index >= 15 is 0 Å². The van der Waals surface area contributed by atoms with Gasteiger partial charge in [0.25, 0.3) is 11.5 Å². The number of hydrogen-bond acceptors (Lipinski definition) is 6. The first-order chi connectivity index (χ1) is 16.9. The number of thioether (sulfide) groups is 1. The summed E-state index contributed by atoms with van der Waals surface area (Å²) in [6, 6.07) is 13.9. The van der Waals surface area contributed by atoms with Crippen LogP contribution < -0.4 is 10.5 Å². The van der Waals surface area contributed by atoms with Gasteiger partial charge in [-0.15, -0.1) is 0 Å². The number of thiocarbonyl (C=S) groups is 1. The Kier molecular flexibility index (Phi) is 6.75. The fraction of sp³-hybridized carbons (Fsp3) is 0.333.